The Bertz CT molecular complexity index is 613. The molecule has 0 spiro atoms. The molecule has 1 aliphatic heterocycles. The molecular formula is C15H17ClF2N2O3. The number of hydrogen-bond donors (Lipinski definition) is 1. The molecule has 1 heterocycles. The smallest absolute Gasteiger partial charge is 0.407 e. The van der Waals surface area contributed by atoms with E-state index in [0.29, 0.717) is 19.4 Å². The maximum atomic E-state index is 13.3. The Hall–Kier alpha value is -1.89. The standard InChI is InChI=1S/C15H17ClF2N2O3/c1-2-23-15(22)19-9-4-3-5-20(8-9)14(21)10-6-12(17)13(18)7-11(10)16/h6-7,9H,2-5,8H2,1H3,(H,19,22)/t9-/m1/s1. The van der Waals surface area contributed by atoms with Gasteiger partial charge in [0.1, 0.15) is 0 Å². The van der Waals surface area contributed by atoms with Crippen molar-refractivity contribution in [3.8, 4) is 0 Å². The number of benzene rings is 1. The zero-order chi connectivity index (χ0) is 17.0. The van der Waals surface area contributed by atoms with E-state index in [0.717, 1.165) is 12.1 Å². The van der Waals surface area contributed by atoms with E-state index in [9.17, 15) is 18.4 Å². The van der Waals surface area contributed by atoms with Gasteiger partial charge in [-0.05, 0) is 31.9 Å². The molecule has 2 rings (SSSR count). The molecule has 1 aromatic carbocycles. The Labute approximate surface area is 137 Å². The van der Waals surface area contributed by atoms with Crippen molar-refractivity contribution in [3.63, 3.8) is 0 Å². The molecule has 0 aromatic heterocycles. The van der Waals surface area contributed by atoms with Crippen molar-refractivity contribution in [2.24, 2.45) is 0 Å². The number of likely N-dealkylation sites (tertiary alicyclic amines) is 1. The molecule has 23 heavy (non-hydrogen) atoms. The van der Waals surface area contributed by atoms with E-state index in [1.807, 2.05) is 0 Å². The molecule has 5 nitrogen and oxygen atoms in total. The van der Waals surface area contributed by atoms with Crippen LogP contribution in [-0.2, 0) is 4.74 Å². The van der Waals surface area contributed by atoms with Gasteiger partial charge in [0.2, 0.25) is 0 Å². The number of carbonyl (C=O) groups is 2. The van der Waals surface area contributed by atoms with Crippen LogP contribution in [0.3, 0.4) is 0 Å². The monoisotopic (exact) mass is 346 g/mol. The number of nitrogens with one attached hydrogen (secondary N) is 1. The van der Waals surface area contributed by atoms with Crippen molar-refractivity contribution in [1.82, 2.24) is 10.2 Å². The SMILES string of the molecule is CCOC(=O)N[C@@H]1CCCN(C(=O)c2cc(F)c(F)cc2Cl)C1. The third-order valence-corrected chi connectivity index (χ3v) is 3.86. The van der Waals surface area contributed by atoms with Gasteiger partial charge in [0.25, 0.3) is 5.91 Å². The van der Waals surface area contributed by atoms with Gasteiger partial charge in [-0.2, -0.15) is 0 Å². The highest BCUT2D eigenvalue weighted by atomic mass is 35.5. The minimum atomic E-state index is -1.13. The zero-order valence-corrected chi connectivity index (χ0v) is 13.3. The Morgan fingerprint density at radius 3 is 2.78 bits per heavy atom. The fraction of sp³-hybridized carbons (Fsp3) is 0.467. The van der Waals surface area contributed by atoms with E-state index >= 15 is 0 Å². The van der Waals surface area contributed by atoms with Gasteiger partial charge in [0.15, 0.2) is 11.6 Å². The van der Waals surface area contributed by atoms with E-state index in [4.69, 9.17) is 16.3 Å². The summed E-state index contributed by atoms with van der Waals surface area (Å²) in [5.74, 6) is -2.73. The maximum absolute atomic E-state index is 13.3. The minimum absolute atomic E-state index is 0.0950. The van der Waals surface area contributed by atoms with Crippen molar-refractivity contribution < 1.29 is 23.1 Å². The van der Waals surface area contributed by atoms with Crippen LogP contribution in [0.1, 0.15) is 30.1 Å². The van der Waals surface area contributed by atoms with Gasteiger partial charge < -0.3 is 15.0 Å². The number of hydrogen-bond acceptors (Lipinski definition) is 3. The highest BCUT2D eigenvalue weighted by molar-refractivity contribution is 6.33. The number of carbonyl (C=O) groups excluding carboxylic acids is 2. The number of amides is 2. The van der Waals surface area contributed by atoms with Crippen LogP contribution in [-0.4, -0.2) is 42.6 Å². The molecule has 2 amide bonds. The lowest BCUT2D eigenvalue weighted by Gasteiger charge is -2.33. The highest BCUT2D eigenvalue weighted by Gasteiger charge is 2.27. The Balaban J connectivity index is 2.07. The van der Waals surface area contributed by atoms with Crippen molar-refractivity contribution in [1.29, 1.82) is 0 Å². The molecule has 1 saturated heterocycles. The third kappa shape index (κ3) is 4.31. The average molecular weight is 347 g/mol. The summed E-state index contributed by atoms with van der Waals surface area (Å²) in [6, 6.07) is 1.32. The quantitative estimate of drug-likeness (QED) is 0.856. The molecule has 1 atom stereocenters. The van der Waals surface area contributed by atoms with Crippen LogP contribution in [0.25, 0.3) is 0 Å². The second-order valence-electron chi connectivity index (χ2n) is 5.20. The normalized spacial score (nSPS) is 17.7. The molecule has 126 valence electrons. The first-order chi connectivity index (χ1) is 10.9. The van der Waals surface area contributed by atoms with Crippen LogP contribution in [0.5, 0.6) is 0 Å². The molecule has 1 aliphatic rings. The summed E-state index contributed by atoms with van der Waals surface area (Å²) in [5, 5.41) is 2.53. The van der Waals surface area contributed by atoms with E-state index < -0.39 is 23.6 Å². The molecule has 0 aliphatic carbocycles. The van der Waals surface area contributed by atoms with E-state index in [-0.39, 0.29) is 29.8 Å². The summed E-state index contributed by atoms with van der Waals surface area (Å²) in [7, 11) is 0. The predicted molar refractivity (Wildman–Crippen MR) is 80.5 cm³/mol. The summed E-state index contributed by atoms with van der Waals surface area (Å²) in [4.78, 5) is 25.4. The van der Waals surface area contributed by atoms with Crippen molar-refractivity contribution >= 4 is 23.6 Å². The van der Waals surface area contributed by atoms with Gasteiger partial charge in [0, 0.05) is 19.1 Å². The van der Waals surface area contributed by atoms with Crippen LogP contribution in [0.4, 0.5) is 13.6 Å². The van der Waals surface area contributed by atoms with Gasteiger partial charge in [0.05, 0.1) is 17.2 Å². The van der Waals surface area contributed by atoms with Gasteiger partial charge >= 0.3 is 6.09 Å². The fourth-order valence-electron chi connectivity index (χ4n) is 2.48. The third-order valence-electron chi connectivity index (χ3n) is 3.55. The second kappa shape index (κ2) is 7.59. The number of nitrogens with zero attached hydrogens (tertiary/aromatic N) is 1. The summed E-state index contributed by atoms with van der Waals surface area (Å²) >= 11 is 5.83. The summed E-state index contributed by atoms with van der Waals surface area (Å²) in [6.45, 7) is 2.66. The maximum Gasteiger partial charge on any atom is 0.407 e. The highest BCUT2D eigenvalue weighted by Crippen LogP contribution is 2.23. The number of alkyl carbamates (subject to hydrolysis) is 1. The minimum Gasteiger partial charge on any atom is -0.450 e. The topological polar surface area (TPSA) is 58.6 Å². The van der Waals surface area contributed by atoms with Gasteiger partial charge in [-0.1, -0.05) is 11.6 Å². The molecule has 0 radical (unpaired) electrons. The van der Waals surface area contributed by atoms with Crippen LogP contribution < -0.4 is 5.32 Å². The first kappa shape index (κ1) is 17.5. The number of halogens is 3. The molecule has 0 unspecified atom stereocenters. The van der Waals surface area contributed by atoms with Crippen LogP contribution >= 0.6 is 11.6 Å². The molecule has 0 saturated carbocycles. The fourth-order valence-corrected chi connectivity index (χ4v) is 2.71. The lowest BCUT2D eigenvalue weighted by molar-refractivity contribution is 0.0685. The van der Waals surface area contributed by atoms with E-state index in [1.54, 1.807) is 6.92 Å². The zero-order valence-electron chi connectivity index (χ0n) is 12.6. The number of ether oxygens (including phenoxy) is 1. The van der Waals surface area contributed by atoms with Crippen molar-refractivity contribution in [3.05, 3.63) is 34.4 Å². The molecule has 8 heteroatoms. The van der Waals surface area contributed by atoms with Crippen molar-refractivity contribution in [2.75, 3.05) is 19.7 Å². The molecule has 1 N–H and O–H groups in total. The van der Waals surface area contributed by atoms with Crippen LogP contribution in [0, 0.1) is 11.6 Å². The Morgan fingerprint density at radius 2 is 2.09 bits per heavy atom. The second-order valence-corrected chi connectivity index (χ2v) is 5.61. The van der Waals surface area contributed by atoms with Crippen molar-refractivity contribution in [2.45, 2.75) is 25.8 Å². The van der Waals surface area contributed by atoms with Crippen LogP contribution in [0.2, 0.25) is 5.02 Å². The van der Waals surface area contributed by atoms with Crippen LogP contribution in [0.15, 0.2) is 12.1 Å². The first-order valence-electron chi connectivity index (χ1n) is 7.29. The molecule has 1 aromatic rings. The Morgan fingerprint density at radius 1 is 1.39 bits per heavy atom. The largest absolute Gasteiger partial charge is 0.450 e. The number of rotatable bonds is 3. The molecular weight excluding hydrogens is 330 g/mol. The van der Waals surface area contributed by atoms with Gasteiger partial charge in [-0.3, -0.25) is 4.79 Å². The van der Waals surface area contributed by atoms with E-state index in [2.05, 4.69) is 5.32 Å². The lowest BCUT2D eigenvalue weighted by Crippen LogP contribution is -2.49. The summed E-state index contributed by atoms with van der Waals surface area (Å²) in [6.07, 6.45) is 0.829. The van der Waals surface area contributed by atoms with Gasteiger partial charge in [-0.25, -0.2) is 13.6 Å². The summed E-state index contributed by atoms with van der Waals surface area (Å²) < 4.78 is 31.2. The predicted octanol–water partition coefficient (Wildman–Crippen LogP) is 2.97. The summed E-state index contributed by atoms with van der Waals surface area (Å²) in [5.41, 5.74) is -0.0950. The Kier molecular flexibility index (Phi) is 5.76. The van der Waals surface area contributed by atoms with Gasteiger partial charge in [-0.15, -0.1) is 0 Å². The van der Waals surface area contributed by atoms with E-state index in [1.165, 1.54) is 4.90 Å². The average Bonchev–Trinajstić information content (AvgIpc) is 2.50. The number of piperidine rings is 1. The molecule has 1 fully saturated rings. The molecule has 0 bridgehead atoms. The lowest BCUT2D eigenvalue weighted by atomic mass is 10.0. The first-order valence-corrected chi connectivity index (χ1v) is 7.67.